The molecule has 0 spiro atoms. The first-order valence-electron chi connectivity index (χ1n) is 25.9. The monoisotopic (exact) mass is 1040 g/mol. The third kappa shape index (κ3) is 13.4. The van der Waals surface area contributed by atoms with Crippen molar-refractivity contribution in [2.45, 2.75) is 110 Å². The molecule has 2 fully saturated rings. The number of rotatable bonds is 20. The molecule has 0 saturated heterocycles. The van der Waals surface area contributed by atoms with Crippen LogP contribution in [0.1, 0.15) is 111 Å². The van der Waals surface area contributed by atoms with E-state index in [4.69, 9.17) is 19.9 Å². The second kappa shape index (κ2) is 25.6. The highest BCUT2D eigenvalue weighted by Crippen LogP contribution is 2.40. The minimum Gasteiger partial charge on any atom is -0.489 e. The molecule has 1 atom stereocenters. The molecule has 4 amide bonds. The van der Waals surface area contributed by atoms with E-state index >= 15 is 4.79 Å². The van der Waals surface area contributed by atoms with Crippen molar-refractivity contribution in [1.82, 2.24) is 5.32 Å². The predicted octanol–water partition coefficient (Wildman–Crippen LogP) is 9.85. The second-order valence-corrected chi connectivity index (χ2v) is 19.3. The fourth-order valence-electron chi connectivity index (χ4n) is 10.2. The Kier molecular flexibility index (Phi) is 18.1. The lowest BCUT2D eigenvalue weighted by atomic mass is 9.99. The summed E-state index contributed by atoms with van der Waals surface area (Å²) in [6.45, 7) is 2.78. The van der Waals surface area contributed by atoms with Crippen molar-refractivity contribution in [3.8, 4) is 11.8 Å². The molecule has 6 aromatic rings. The topological polar surface area (TPSA) is 222 Å². The van der Waals surface area contributed by atoms with E-state index in [1.807, 2.05) is 66.7 Å². The summed E-state index contributed by atoms with van der Waals surface area (Å²) in [5.74, 6) is -3.76. The number of esters is 1. The molecule has 0 aromatic heterocycles. The van der Waals surface area contributed by atoms with Gasteiger partial charge < -0.3 is 45.1 Å². The Morgan fingerprint density at radius 3 is 1.82 bits per heavy atom. The summed E-state index contributed by atoms with van der Waals surface area (Å²) in [7, 11) is 0. The van der Waals surface area contributed by atoms with Crippen LogP contribution in [0.3, 0.4) is 0 Å². The van der Waals surface area contributed by atoms with E-state index in [2.05, 4.69) is 11.4 Å². The van der Waals surface area contributed by atoms with Crippen molar-refractivity contribution in [2.24, 2.45) is 5.73 Å². The fraction of sp³-hybridized carbons (Fsp3) is 0.295. The van der Waals surface area contributed by atoms with Crippen LogP contribution in [0.4, 0.5) is 21.9 Å². The Morgan fingerprint density at radius 2 is 1.25 bits per heavy atom. The average Bonchev–Trinajstić information content (AvgIpc) is 4.23. The number of hydrogen-bond donors (Lipinski definition) is 3. The highest BCUT2D eigenvalue weighted by molar-refractivity contribution is 6.14. The first kappa shape index (κ1) is 54.5. The normalized spacial score (nSPS) is 13.7. The lowest BCUT2D eigenvalue weighted by Crippen LogP contribution is -2.52. The van der Waals surface area contributed by atoms with Crippen molar-refractivity contribution >= 4 is 52.8 Å². The molecule has 0 radical (unpaired) electrons. The minimum absolute atomic E-state index is 0.0272. The molecule has 6 aromatic carbocycles. The van der Waals surface area contributed by atoms with Gasteiger partial charge in [-0.2, -0.15) is 5.26 Å². The number of carbonyl (C=O) groups excluding carboxylic acids is 5. The van der Waals surface area contributed by atoms with Gasteiger partial charge >= 0.3 is 18.0 Å². The molecule has 0 heterocycles. The van der Waals surface area contributed by atoms with Gasteiger partial charge in [0, 0.05) is 34.6 Å². The number of amides is 4. The van der Waals surface area contributed by atoms with E-state index in [1.54, 1.807) is 79.4 Å². The van der Waals surface area contributed by atoms with Crippen LogP contribution >= 0.6 is 0 Å². The zero-order valence-corrected chi connectivity index (χ0v) is 43.2. The van der Waals surface area contributed by atoms with Gasteiger partial charge in [-0.25, -0.2) is 14.4 Å². The Balaban J connectivity index is 1.18. The number of hydrogen-bond acceptors (Lipinski definition) is 11. The number of nitrogens with zero attached hydrogens (tertiary/aromatic N) is 4. The summed E-state index contributed by atoms with van der Waals surface area (Å²) in [6.07, 6.45) is 5.19. The average molecular weight is 1040 g/mol. The van der Waals surface area contributed by atoms with Gasteiger partial charge in [0.1, 0.15) is 32.1 Å². The van der Waals surface area contributed by atoms with Gasteiger partial charge in [0.15, 0.2) is 6.04 Å². The summed E-state index contributed by atoms with van der Waals surface area (Å²) < 4.78 is 17.3. The number of benzene rings is 6. The van der Waals surface area contributed by atoms with E-state index in [1.165, 1.54) is 21.9 Å². The van der Waals surface area contributed by atoms with Crippen molar-refractivity contribution in [1.29, 1.82) is 5.26 Å². The molecule has 396 valence electrons. The Labute approximate surface area is 447 Å². The van der Waals surface area contributed by atoms with Gasteiger partial charge in [0.2, 0.25) is 5.91 Å². The standard InChI is InChI=1S/C61H62N6O10/c1-40-32-46(27-29-51(40)66(48-22-12-13-23-48)54(68)35-64-61(74)77-39-44-20-10-5-11-21-44)57(69)65(36-47-33-45(34-62)26-31-53(47)75-37-42-16-6-3-7-17-42)56-41(2)52(30-28-50(56)59(71)72)67(49-24-14-15-25-49)58(70)55(63)60(73)76-38-43-18-8-4-9-19-43/h3-11,16-21,26-33,48-49,55H,12-15,22-25,35-39,63H2,1-2H3,(H,64,74)(H,71,72). The van der Waals surface area contributed by atoms with E-state index < -0.39 is 41.9 Å². The number of ether oxygens (including phenoxy) is 3. The molecular weight excluding hydrogens is 977 g/mol. The van der Waals surface area contributed by atoms with Crippen LogP contribution in [0.5, 0.6) is 5.75 Å². The second-order valence-electron chi connectivity index (χ2n) is 19.3. The zero-order valence-electron chi connectivity index (χ0n) is 43.2. The number of alkyl carbamates (subject to hydrolysis) is 1. The van der Waals surface area contributed by atoms with Crippen LogP contribution in [-0.2, 0) is 50.2 Å². The molecular formula is C61H62N6O10. The third-order valence-electron chi connectivity index (χ3n) is 14.1. The highest BCUT2D eigenvalue weighted by atomic mass is 16.5. The molecule has 16 nitrogen and oxygen atoms in total. The molecule has 2 saturated carbocycles. The smallest absolute Gasteiger partial charge is 0.407 e. The fourth-order valence-corrected chi connectivity index (χ4v) is 10.2. The number of nitrogens with one attached hydrogen (secondary N) is 1. The summed E-state index contributed by atoms with van der Waals surface area (Å²) in [6, 6.07) is 39.9. The van der Waals surface area contributed by atoms with Crippen molar-refractivity contribution in [3.63, 3.8) is 0 Å². The molecule has 2 aliphatic rings. The van der Waals surface area contributed by atoms with Crippen LogP contribution in [0, 0.1) is 25.2 Å². The number of anilines is 3. The quantitative estimate of drug-likeness (QED) is 0.0480. The summed E-state index contributed by atoms with van der Waals surface area (Å²) in [5.41, 5.74) is 10.8. The number of aryl methyl sites for hydroxylation is 1. The van der Waals surface area contributed by atoms with Crippen LogP contribution < -0.4 is 30.5 Å². The van der Waals surface area contributed by atoms with Gasteiger partial charge in [-0.3, -0.25) is 14.4 Å². The van der Waals surface area contributed by atoms with Crippen LogP contribution in [-0.4, -0.2) is 65.5 Å². The van der Waals surface area contributed by atoms with Crippen molar-refractivity contribution in [2.75, 3.05) is 21.2 Å². The molecule has 8 rings (SSSR count). The third-order valence-corrected chi connectivity index (χ3v) is 14.1. The highest BCUT2D eigenvalue weighted by Gasteiger charge is 2.38. The summed E-state index contributed by atoms with van der Waals surface area (Å²) in [5, 5.41) is 23.7. The Hall–Kier alpha value is -8.81. The van der Waals surface area contributed by atoms with Gasteiger partial charge in [-0.05, 0) is 116 Å². The predicted molar refractivity (Wildman–Crippen MR) is 290 cm³/mol. The number of carboxylic acids is 1. The van der Waals surface area contributed by atoms with Gasteiger partial charge in [0.05, 0.1) is 29.4 Å². The maximum Gasteiger partial charge on any atom is 0.407 e. The Morgan fingerprint density at radius 1 is 0.688 bits per heavy atom. The number of nitrogens with two attached hydrogens (primary N) is 1. The first-order chi connectivity index (χ1) is 37.3. The van der Waals surface area contributed by atoms with Crippen molar-refractivity contribution < 1.29 is 48.1 Å². The largest absolute Gasteiger partial charge is 0.489 e. The lowest BCUT2D eigenvalue weighted by molar-refractivity contribution is -0.149. The summed E-state index contributed by atoms with van der Waals surface area (Å²) >= 11 is 0. The minimum atomic E-state index is -1.74. The molecule has 77 heavy (non-hydrogen) atoms. The van der Waals surface area contributed by atoms with Gasteiger partial charge in [-0.1, -0.05) is 117 Å². The van der Waals surface area contributed by atoms with E-state index in [9.17, 15) is 34.3 Å². The molecule has 16 heteroatoms. The SMILES string of the molecule is Cc1cc(C(=O)N(Cc2cc(C#N)ccc2OCc2ccccc2)c2c(C(=O)O)ccc(N(C(=O)C(N)C(=O)OCc3ccccc3)C3CCCC3)c2C)ccc1N(C(=O)CNC(=O)OCc1ccccc1)C1CCCC1. The van der Waals surface area contributed by atoms with Gasteiger partial charge in [0.25, 0.3) is 11.8 Å². The summed E-state index contributed by atoms with van der Waals surface area (Å²) in [4.78, 5) is 88.8. The molecule has 1 unspecified atom stereocenters. The lowest BCUT2D eigenvalue weighted by Gasteiger charge is -2.35. The maximum atomic E-state index is 15.7. The molecule has 0 aliphatic heterocycles. The molecule has 4 N–H and O–H groups in total. The molecule has 2 aliphatic carbocycles. The zero-order chi connectivity index (χ0) is 54.4. The van der Waals surface area contributed by atoms with E-state index in [0.29, 0.717) is 41.0 Å². The van der Waals surface area contributed by atoms with Crippen LogP contribution in [0.15, 0.2) is 140 Å². The number of carbonyl (C=O) groups is 6. The van der Waals surface area contributed by atoms with Crippen LogP contribution in [0.2, 0.25) is 0 Å². The van der Waals surface area contributed by atoms with Gasteiger partial charge in [-0.15, -0.1) is 0 Å². The van der Waals surface area contributed by atoms with Crippen LogP contribution in [0.25, 0.3) is 0 Å². The Bertz CT molecular complexity index is 3130. The number of nitriles is 1. The van der Waals surface area contributed by atoms with Crippen molar-refractivity contribution in [3.05, 3.63) is 190 Å². The number of aromatic carboxylic acids is 1. The number of carboxylic acid groups (broad SMARTS) is 1. The van der Waals surface area contributed by atoms with E-state index in [0.717, 1.165) is 49.7 Å². The first-order valence-corrected chi connectivity index (χ1v) is 25.9. The van der Waals surface area contributed by atoms with E-state index in [-0.39, 0.29) is 78.5 Å². The molecule has 0 bridgehead atoms. The maximum absolute atomic E-state index is 15.7.